The van der Waals surface area contributed by atoms with Gasteiger partial charge in [-0.2, -0.15) is 0 Å². The lowest BCUT2D eigenvalue weighted by molar-refractivity contribution is 0.116. The van der Waals surface area contributed by atoms with Crippen molar-refractivity contribution in [2.24, 2.45) is 5.73 Å². The zero-order chi connectivity index (χ0) is 9.14. The van der Waals surface area contributed by atoms with Crippen LogP contribution in [0.2, 0.25) is 0 Å². The summed E-state index contributed by atoms with van der Waals surface area (Å²) in [5.74, 6) is -0.552. The Balaban J connectivity index is 0.00000144. The predicted octanol–water partition coefficient (Wildman–Crippen LogP) is 2.51. The molecule has 0 amide bonds. The van der Waals surface area contributed by atoms with E-state index in [-0.39, 0.29) is 18.0 Å². The van der Waals surface area contributed by atoms with Crippen molar-refractivity contribution in [3.63, 3.8) is 0 Å². The molecule has 0 aliphatic rings. The number of halogens is 4. The maximum atomic E-state index is 12.5. The van der Waals surface area contributed by atoms with Gasteiger partial charge in [0.25, 0.3) is 6.43 Å². The zero-order valence-corrected chi connectivity index (χ0v) is 7.40. The summed E-state index contributed by atoms with van der Waals surface area (Å²) in [6.45, 7) is 0. The third-order valence-corrected chi connectivity index (χ3v) is 1.51. The Morgan fingerprint density at radius 3 is 2.31 bits per heavy atom. The molecule has 0 spiro atoms. The van der Waals surface area contributed by atoms with Gasteiger partial charge in [0, 0.05) is 0 Å². The quantitative estimate of drug-likeness (QED) is 0.799. The third kappa shape index (κ3) is 3.24. The Kier molecular flexibility index (Phi) is 4.80. The molecule has 1 atom stereocenters. The Hall–Kier alpha value is -0.740. The van der Waals surface area contributed by atoms with E-state index >= 15 is 0 Å². The first-order valence-corrected chi connectivity index (χ1v) is 3.40. The van der Waals surface area contributed by atoms with Crippen LogP contribution in [-0.4, -0.2) is 6.43 Å². The average molecular weight is 212 g/mol. The monoisotopic (exact) mass is 211 g/mol. The Labute approximate surface area is 80.2 Å². The van der Waals surface area contributed by atoms with Crippen molar-refractivity contribution in [3.05, 3.63) is 35.6 Å². The highest BCUT2D eigenvalue weighted by atomic mass is 35.5. The maximum Gasteiger partial charge on any atom is 0.257 e. The van der Waals surface area contributed by atoms with Crippen LogP contribution < -0.4 is 5.73 Å². The zero-order valence-electron chi connectivity index (χ0n) is 6.58. The lowest BCUT2D eigenvalue weighted by Crippen LogP contribution is -2.18. The van der Waals surface area contributed by atoms with E-state index in [1.807, 2.05) is 0 Å². The van der Waals surface area contributed by atoms with Crippen molar-refractivity contribution >= 4 is 12.4 Å². The van der Waals surface area contributed by atoms with E-state index in [0.29, 0.717) is 0 Å². The number of benzene rings is 1. The van der Waals surface area contributed by atoms with Crippen LogP contribution in [0.3, 0.4) is 0 Å². The average Bonchev–Trinajstić information content (AvgIpc) is 2.03. The second-order valence-corrected chi connectivity index (χ2v) is 2.42. The van der Waals surface area contributed by atoms with Gasteiger partial charge in [-0.15, -0.1) is 12.4 Å². The van der Waals surface area contributed by atoms with Crippen LogP contribution in [0.5, 0.6) is 0 Å². The van der Waals surface area contributed by atoms with E-state index in [1.165, 1.54) is 18.2 Å². The van der Waals surface area contributed by atoms with Crippen molar-refractivity contribution in [2.75, 3.05) is 0 Å². The maximum absolute atomic E-state index is 12.5. The van der Waals surface area contributed by atoms with Crippen molar-refractivity contribution in [1.29, 1.82) is 0 Å². The summed E-state index contributed by atoms with van der Waals surface area (Å²) in [6.07, 6.45) is -2.66. The van der Waals surface area contributed by atoms with Crippen LogP contribution in [0, 0.1) is 5.82 Å². The minimum absolute atomic E-state index is 0. The SMILES string of the molecule is Cl.N[C@H](c1cccc(F)c1)C(F)F. The first kappa shape index (κ1) is 12.3. The normalized spacial score (nSPS) is 12.4. The molecule has 0 saturated heterocycles. The summed E-state index contributed by atoms with van der Waals surface area (Å²) in [7, 11) is 0. The Morgan fingerprint density at radius 2 is 1.85 bits per heavy atom. The highest BCUT2D eigenvalue weighted by Gasteiger charge is 2.17. The highest BCUT2D eigenvalue weighted by Crippen LogP contribution is 2.17. The van der Waals surface area contributed by atoms with E-state index in [0.717, 1.165) is 6.07 Å². The summed E-state index contributed by atoms with van der Waals surface area (Å²) >= 11 is 0. The van der Waals surface area contributed by atoms with Gasteiger partial charge in [0.05, 0.1) is 6.04 Å². The Bertz CT molecular complexity index is 267. The van der Waals surface area contributed by atoms with Gasteiger partial charge < -0.3 is 5.73 Å². The summed E-state index contributed by atoms with van der Waals surface area (Å²) in [4.78, 5) is 0. The molecular formula is C8H9ClF3N. The molecule has 0 aliphatic carbocycles. The van der Waals surface area contributed by atoms with Gasteiger partial charge in [0.2, 0.25) is 0 Å². The molecule has 1 aromatic rings. The molecule has 1 aromatic carbocycles. The molecule has 13 heavy (non-hydrogen) atoms. The van der Waals surface area contributed by atoms with E-state index in [9.17, 15) is 13.2 Å². The van der Waals surface area contributed by atoms with Crippen LogP contribution in [-0.2, 0) is 0 Å². The summed E-state index contributed by atoms with van der Waals surface area (Å²) in [6, 6.07) is 3.52. The molecule has 1 rings (SSSR count). The molecule has 0 saturated carbocycles. The molecule has 0 bridgehead atoms. The lowest BCUT2D eigenvalue weighted by Gasteiger charge is -2.09. The van der Waals surface area contributed by atoms with Crippen LogP contribution in [0.4, 0.5) is 13.2 Å². The van der Waals surface area contributed by atoms with Gasteiger partial charge >= 0.3 is 0 Å². The van der Waals surface area contributed by atoms with E-state index in [1.54, 1.807) is 0 Å². The molecular weight excluding hydrogens is 203 g/mol. The lowest BCUT2D eigenvalue weighted by atomic mass is 10.1. The standard InChI is InChI=1S/C8H8F3N.ClH/c9-6-3-1-2-5(4-6)7(12)8(10)11;/h1-4,7-8H,12H2;1H/t7-;/m1./s1. The van der Waals surface area contributed by atoms with Crippen LogP contribution in [0.1, 0.15) is 11.6 Å². The van der Waals surface area contributed by atoms with E-state index in [2.05, 4.69) is 0 Å². The first-order valence-electron chi connectivity index (χ1n) is 3.40. The molecule has 0 aromatic heterocycles. The van der Waals surface area contributed by atoms with Crippen LogP contribution in [0.15, 0.2) is 24.3 Å². The first-order chi connectivity index (χ1) is 5.61. The van der Waals surface area contributed by atoms with Gasteiger partial charge in [-0.25, -0.2) is 13.2 Å². The topological polar surface area (TPSA) is 26.0 Å². The minimum Gasteiger partial charge on any atom is -0.319 e. The number of rotatable bonds is 2. The molecule has 0 fully saturated rings. The van der Waals surface area contributed by atoms with Crippen LogP contribution in [0.25, 0.3) is 0 Å². The van der Waals surface area contributed by atoms with Crippen molar-refractivity contribution < 1.29 is 13.2 Å². The molecule has 2 N–H and O–H groups in total. The third-order valence-electron chi connectivity index (χ3n) is 1.51. The summed E-state index contributed by atoms with van der Waals surface area (Å²) < 4.78 is 36.5. The largest absolute Gasteiger partial charge is 0.319 e. The number of hydrogen-bond acceptors (Lipinski definition) is 1. The smallest absolute Gasteiger partial charge is 0.257 e. The second-order valence-electron chi connectivity index (χ2n) is 2.42. The summed E-state index contributed by atoms with van der Waals surface area (Å²) in [5.41, 5.74) is 5.21. The van der Waals surface area contributed by atoms with Crippen LogP contribution >= 0.6 is 12.4 Å². The van der Waals surface area contributed by atoms with Gasteiger partial charge in [0.1, 0.15) is 5.82 Å². The molecule has 0 radical (unpaired) electrons. The molecule has 0 heterocycles. The number of alkyl halides is 2. The fourth-order valence-electron chi connectivity index (χ4n) is 0.859. The van der Waals surface area contributed by atoms with Crippen molar-refractivity contribution in [2.45, 2.75) is 12.5 Å². The number of nitrogens with two attached hydrogens (primary N) is 1. The fraction of sp³-hybridized carbons (Fsp3) is 0.250. The predicted molar refractivity (Wildman–Crippen MR) is 46.6 cm³/mol. The van der Waals surface area contributed by atoms with Gasteiger partial charge in [-0.05, 0) is 17.7 Å². The van der Waals surface area contributed by atoms with Gasteiger partial charge in [0.15, 0.2) is 0 Å². The van der Waals surface area contributed by atoms with Crippen molar-refractivity contribution in [1.82, 2.24) is 0 Å². The Morgan fingerprint density at radius 1 is 1.23 bits per heavy atom. The molecule has 0 aliphatic heterocycles. The summed E-state index contributed by atoms with van der Waals surface area (Å²) in [5, 5.41) is 0. The van der Waals surface area contributed by atoms with E-state index < -0.39 is 18.3 Å². The van der Waals surface area contributed by atoms with Crippen molar-refractivity contribution in [3.8, 4) is 0 Å². The number of hydrogen-bond donors (Lipinski definition) is 1. The van der Waals surface area contributed by atoms with E-state index in [4.69, 9.17) is 5.73 Å². The molecule has 74 valence electrons. The second kappa shape index (κ2) is 5.09. The molecule has 1 nitrogen and oxygen atoms in total. The fourth-order valence-corrected chi connectivity index (χ4v) is 0.859. The minimum atomic E-state index is -2.66. The van der Waals surface area contributed by atoms with Gasteiger partial charge in [-0.3, -0.25) is 0 Å². The molecule has 5 heteroatoms. The molecule has 0 unspecified atom stereocenters. The highest BCUT2D eigenvalue weighted by molar-refractivity contribution is 5.85. The van der Waals surface area contributed by atoms with Gasteiger partial charge in [-0.1, -0.05) is 12.1 Å².